The van der Waals surface area contributed by atoms with Crippen molar-refractivity contribution < 1.29 is 27.9 Å². The Bertz CT molecular complexity index is 451. The van der Waals surface area contributed by atoms with Gasteiger partial charge in [0, 0.05) is 11.8 Å². The molecule has 0 bridgehead atoms. The molecule has 6 nitrogen and oxygen atoms in total. The number of aromatic nitrogens is 1. The van der Waals surface area contributed by atoms with Crippen molar-refractivity contribution >= 4 is 28.3 Å². The normalized spacial score (nSPS) is 11.4. The van der Waals surface area contributed by atoms with Crippen molar-refractivity contribution in [3.63, 3.8) is 0 Å². The zero-order chi connectivity index (χ0) is 13.2. The third kappa shape index (κ3) is 3.39. The van der Waals surface area contributed by atoms with E-state index in [1.54, 1.807) is 0 Å². The lowest BCUT2D eigenvalue weighted by molar-refractivity contribution is -0.390. The van der Waals surface area contributed by atoms with E-state index in [0.717, 1.165) is 6.20 Å². The van der Waals surface area contributed by atoms with Gasteiger partial charge in [-0.2, -0.15) is 0 Å². The Kier molecular flexibility index (Phi) is 4.08. The minimum atomic E-state index is -5.08. The van der Waals surface area contributed by atoms with Crippen molar-refractivity contribution in [1.82, 2.24) is 4.98 Å². The van der Waals surface area contributed by atoms with Crippen LogP contribution in [0.2, 0.25) is 0 Å². The van der Waals surface area contributed by atoms with Gasteiger partial charge in [-0.05, 0) is 22.6 Å². The van der Waals surface area contributed by atoms with Crippen LogP contribution >= 0.6 is 22.6 Å². The van der Waals surface area contributed by atoms with Crippen LogP contribution in [0.25, 0.3) is 0 Å². The van der Waals surface area contributed by atoms with Gasteiger partial charge in [0.2, 0.25) is 5.75 Å². The summed E-state index contributed by atoms with van der Waals surface area (Å²) in [5.41, 5.74) is -1.33. The van der Waals surface area contributed by atoms with Crippen molar-refractivity contribution in [2.75, 3.05) is 0 Å². The molecule has 0 aliphatic heterocycles. The van der Waals surface area contributed by atoms with Crippen LogP contribution in [0.3, 0.4) is 0 Å². The van der Waals surface area contributed by atoms with Crippen LogP contribution in [0, 0.1) is 13.8 Å². The summed E-state index contributed by atoms with van der Waals surface area (Å²) in [5, 5.41) is 19.4. The molecule has 0 spiro atoms. The minimum absolute atomic E-state index is 0.260. The van der Waals surface area contributed by atoms with Crippen LogP contribution in [-0.4, -0.2) is 21.4 Å². The molecule has 0 saturated carbocycles. The second-order valence-electron chi connectivity index (χ2n) is 2.72. The SMILES string of the molecule is O=[N+]([O-])c1c(I)ncc(CO)c1OC(F)(F)F. The molecule has 17 heavy (non-hydrogen) atoms. The van der Waals surface area contributed by atoms with E-state index in [0.29, 0.717) is 0 Å². The molecule has 1 aromatic heterocycles. The molecule has 0 unspecified atom stereocenters. The molecule has 0 aliphatic rings. The van der Waals surface area contributed by atoms with Gasteiger partial charge < -0.3 is 9.84 Å². The summed E-state index contributed by atoms with van der Waals surface area (Å²) in [6.07, 6.45) is -4.20. The van der Waals surface area contributed by atoms with E-state index in [2.05, 4.69) is 9.72 Å². The third-order valence-corrected chi connectivity index (χ3v) is 2.40. The fraction of sp³-hybridized carbons (Fsp3) is 0.286. The number of nitrogens with zero attached hydrogens (tertiary/aromatic N) is 2. The summed E-state index contributed by atoms with van der Waals surface area (Å²) in [6, 6.07) is 0. The quantitative estimate of drug-likeness (QED) is 0.384. The highest BCUT2D eigenvalue weighted by atomic mass is 127. The number of aliphatic hydroxyl groups excluding tert-OH is 1. The van der Waals surface area contributed by atoms with Crippen LogP contribution in [-0.2, 0) is 6.61 Å². The summed E-state index contributed by atoms with van der Waals surface area (Å²) in [5.74, 6) is -1.04. The standard InChI is InChI=1S/C7H4F3IN2O4/c8-7(9,10)17-5-3(2-14)1-12-6(11)4(5)13(15)16/h1,14H,2H2. The zero-order valence-corrected chi connectivity index (χ0v) is 10.0. The van der Waals surface area contributed by atoms with E-state index in [1.807, 2.05) is 0 Å². The Morgan fingerprint density at radius 3 is 2.59 bits per heavy atom. The lowest BCUT2D eigenvalue weighted by Crippen LogP contribution is -2.19. The predicted molar refractivity (Wildman–Crippen MR) is 56.2 cm³/mol. The number of halogens is 4. The number of pyridine rings is 1. The van der Waals surface area contributed by atoms with Gasteiger partial charge in [-0.3, -0.25) is 10.1 Å². The maximum atomic E-state index is 12.1. The van der Waals surface area contributed by atoms with Crippen molar-refractivity contribution in [2.24, 2.45) is 0 Å². The van der Waals surface area contributed by atoms with Gasteiger partial charge in [0.1, 0.15) is 0 Å². The molecule has 0 saturated heterocycles. The largest absolute Gasteiger partial charge is 0.573 e. The first-order chi connectivity index (χ1) is 7.76. The van der Waals surface area contributed by atoms with Crippen LogP contribution in [0.15, 0.2) is 6.20 Å². The highest BCUT2D eigenvalue weighted by Crippen LogP contribution is 2.37. The first-order valence-electron chi connectivity index (χ1n) is 3.94. The van der Waals surface area contributed by atoms with Gasteiger partial charge in [-0.1, -0.05) is 0 Å². The average Bonchev–Trinajstić information content (AvgIpc) is 2.15. The maximum absolute atomic E-state index is 12.1. The second kappa shape index (κ2) is 5.00. The molecule has 1 N–H and O–H groups in total. The zero-order valence-electron chi connectivity index (χ0n) is 7.86. The summed E-state index contributed by atoms with van der Waals surface area (Å²) in [6.45, 7) is -0.851. The fourth-order valence-electron chi connectivity index (χ4n) is 1.00. The molecule has 94 valence electrons. The smallest absolute Gasteiger partial charge is 0.398 e. The molecule has 1 aromatic rings. The van der Waals surface area contributed by atoms with E-state index in [9.17, 15) is 23.3 Å². The van der Waals surface area contributed by atoms with E-state index >= 15 is 0 Å². The predicted octanol–water partition coefficient (Wildman–Crippen LogP) is 1.99. The molecule has 0 amide bonds. The monoisotopic (exact) mass is 364 g/mol. The number of ether oxygens (including phenoxy) is 1. The molecule has 0 aliphatic carbocycles. The van der Waals surface area contributed by atoms with E-state index in [-0.39, 0.29) is 3.70 Å². The molecule has 0 fully saturated rings. The topological polar surface area (TPSA) is 85.5 Å². The number of hydrogen-bond donors (Lipinski definition) is 1. The number of hydrogen-bond acceptors (Lipinski definition) is 5. The van der Waals surface area contributed by atoms with Gasteiger partial charge in [0.15, 0.2) is 3.70 Å². The second-order valence-corrected chi connectivity index (χ2v) is 3.74. The van der Waals surface area contributed by atoms with Crippen LogP contribution in [0.1, 0.15) is 5.56 Å². The number of nitro groups is 1. The van der Waals surface area contributed by atoms with Gasteiger partial charge >= 0.3 is 12.0 Å². The lowest BCUT2D eigenvalue weighted by atomic mass is 10.2. The summed E-state index contributed by atoms with van der Waals surface area (Å²) in [7, 11) is 0. The maximum Gasteiger partial charge on any atom is 0.573 e. The first-order valence-corrected chi connectivity index (χ1v) is 5.02. The highest BCUT2D eigenvalue weighted by molar-refractivity contribution is 14.1. The molecule has 10 heteroatoms. The van der Waals surface area contributed by atoms with Crippen molar-refractivity contribution in [3.8, 4) is 5.75 Å². The molecular formula is C7H4F3IN2O4. The molecular weight excluding hydrogens is 360 g/mol. The van der Waals surface area contributed by atoms with E-state index in [4.69, 9.17) is 5.11 Å². The summed E-state index contributed by atoms with van der Waals surface area (Å²) in [4.78, 5) is 13.1. The fourth-order valence-corrected chi connectivity index (χ4v) is 1.58. The Hall–Kier alpha value is -1.17. The van der Waals surface area contributed by atoms with Gasteiger partial charge in [0.25, 0.3) is 0 Å². The van der Waals surface area contributed by atoms with Crippen molar-refractivity contribution in [2.45, 2.75) is 13.0 Å². The minimum Gasteiger partial charge on any atom is -0.398 e. The first kappa shape index (κ1) is 13.9. The molecule has 1 heterocycles. The lowest BCUT2D eigenvalue weighted by Gasteiger charge is -2.12. The third-order valence-electron chi connectivity index (χ3n) is 1.61. The van der Waals surface area contributed by atoms with Crippen LogP contribution in [0.5, 0.6) is 5.75 Å². The van der Waals surface area contributed by atoms with E-state index < -0.39 is 34.9 Å². The average molecular weight is 364 g/mol. The molecule has 1 rings (SSSR count). The molecule has 0 radical (unpaired) electrons. The molecule has 0 aromatic carbocycles. The number of aliphatic hydroxyl groups is 1. The van der Waals surface area contributed by atoms with Crippen molar-refractivity contribution in [1.29, 1.82) is 0 Å². The van der Waals surface area contributed by atoms with Gasteiger partial charge in [0.05, 0.1) is 11.5 Å². The highest BCUT2D eigenvalue weighted by Gasteiger charge is 2.37. The number of alkyl halides is 3. The van der Waals surface area contributed by atoms with Crippen LogP contribution < -0.4 is 4.74 Å². The Labute approximate surface area is 106 Å². The Balaban J connectivity index is 3.40. The number of rotatable bonds is 3. The summed E-state index contributed by atoms with van der Waals surface area (Å²) < 4.78 is 39.5. The van der Waals surface area contributed by atoms with Crippen molar-refractivity contribution in [3.05, 3.63) is 25.6 Å². The van der Waals surface area contributed by atoms with E-state index in [1.165, 1.54) is 22.6 Å². The van der Waals surface area contributed by atoms with Gasteiger partial charge in [-0.25, -0.2) is 4.98 Å². The Morgan fingerprint density at radius 1 is 1.59 bits per heavy atom. The summed E-state index contributed by atoms with van der Waals surface area (Å²) >= 11 is 1.40. The van der Waals surface area contributed by atoms with Crippen LogP contribution in [0.4, 0.5) is 18.9 Å². The van der Waals surface area contributed by atoms with Gasteiger partial charge in [-0.15, -0.1) is 13.2 Å². The Morgan fingerprint density at radius 2 is 2.18 bits per heavy atom. The molecule has 0 atom stereocenters.